The van der Waals surface area contributed by atoms with Gasteiger partial charge < -0.3 is 10.1 Å². The normalized spacial score (nSPS) is 12.7. The molecule has 0 radical (unpaired) electrons. The lowest BCUT2D eigenvalue weighted by Gasteiger charge is -2.17. The Morgan fingerprint density at radius 1 is 1.24 bits per heavy atom. The van der Waals surface area contributed by atoms with Crippen LogP contribution in [0.25, 0.3) is 0 Å². The van der Waals surface area contributed by atoms with Crippen LogP contribution < -0.4 is 10.1 Å². The molecule has 0 aliphatic rings. The number of hydrogen-bond acceptors (Lipinski definition) is 4. The molecule has 0 amide bonds. The van der Waals surface area contributed by atoms with Crippen LogP contribution in [0.3, 0.4) is 0 Å². The van der Waals surface area contributed by atoms with Crippen molar-refractivity contribution < 1.29 is 26.3 Å². The highest BCUT2D eigenvalue weighted by Crippen LogP contribution is 2.24. The van der Waals surface area contributed by atoms with Gasteiger partial charge in [-0.05, 0) is 44.3 Å². The van der Waals surface area contributed by atoms with Gasteiger partial charge in [-0.25, -0.2) is 12.7 Å². The number of sulfonamides is 1. The fraction of sp³-hybridized carbons (Fsp3) is 0.500. The minimum Gasteiger partial charge on any atom is -0.406 e. The maximum atomic E-state index is 12.2. The van der Waals surface area contributed by atoms with Gasteiger partial charge >= 0.3 is 6.36 Å². The van der Waals surface area contributed by atoms with Crippen molar-refractivity contribution in [3.05, 3.63) is 24.3 Å². The second kappa shape index (κ2) is 7.10. The van der Waals surface area contributed by atoms with Crippen LogP contribution in [0.15, 0.2) is 29.2 Å². The number of halogens is 3. The van der Waals surface area contributed by atoms with E-state index in [0.29, 0.717) is 19.5 Å². The molecule has 0 saturated carbocycles. The Labute approximate surface area is 121 Å². The topological polar surface area (TPSA) is 58.6 Å². The van der Waals surface area contributed by atoms with Crippen LogP contribution in [0.5, 0.6) is 5.75 Å². The highest BCUT2D eigenvalue weighted by atomic mass is 32.2. The SMILES string of the molecule is CNCCCN(C)S(=O)(=O)c1ccc(OC(F)(F)F)cc1. The molecular weight excluding hydrogens is 309 g/mol. The average Bonchev–Trinajstić information content (AvgIpc) is 2.37. The summed E-state index contributed by atoms with van der Waals surface area (Å²) in [7, 11) is -0.532. The molecule has 0 aromatic heterocycles. The number of benzene rings is 1. The third-order valence-corrected chi connectivity index (χ3v) is 4.54. The Morgan fingerprint density at radius 3 is 2.29 bits per heavy atom. The molecule has 21 heavy (non-hydrogen) atoms. The Balaban J connectivity index is 2.80. The standard InChI is InChI=1S/C12H17F3N2O3S/c1-16-8-3-9-17(2)21(18,19)11-6-4-10(5-7-11)20-12(13,14)15/h4-7,16H,3,8-9H2,1-2H3. The van der Waals surface area contributed by atoms with Crippen LogP contribution in [-0.4, -0.2) is 46.3 Å². The van der Waals surface area contributed by atoms with Crippen molar-refractivity contribution in [2.75, 3.05) is 27.2 Å². The van der Waals surface area contributed by atoms with Crippen molar-refractivity contribution in [3.63, 3.8) is 0 Å². The van der Waals surface area contributed by atoms with Crippen LogP contribution in [0, 0.1) is 0 Å². The summed E-state index contributed by atoms with van der Waals surface area (Å²) in [5, 5.41) is 2.90. The summed E-state index contributed by atoms with van der Waals surface area (Å²) < 4.78 is 65.2. The van der Waals surface area contributed by atoms with Crippen LogP contribution in [0.4, 0.5) is 13.2 Å². The molecule has 0 fully saturated rings. The van der Waals surface area contributed by atoms with E-state index in [1.807, 2.05) is 0 Å². The maximum absolute atomic E-state index is 12.2. The van der Waals surface area contributed by atoms with Gasteiger partial charge in [-0.2, -0.15) is 0 Å². The van der Waals surface area contributed by atoms with E-state index in [4.69, 9.17) is 0 Å². The van der Waals surface area contributed by atoms with Crippen LogP contribution in [0.2, 0.25) is 0 Å². The first-order valence-electron chi connectivity index (χ1n) is 6.13. The molecule has 120 valence electrons. The molecule has 9 heteroatoms. The number of hydrogen-bond donors (Lipinski definition) is 1. The predicted molar refractivity (Wildman–Crippen MR) is 71.5 cm³/mol. The molecule has 0 aliphatic heterocycles. The highest BCUT2D eigenvalue weighted by Gasteiger charge is 2.31. The van der Waals surface area contributed by atoms with Gasteiger partial charge in [0.25, 0.3) is 0 Å². The molecule has 1 rings (SSSR count). The number of rotatable bonds is 7. The number of alkyl halides is 3. The van der Waals surface area contributed by atoms with Crippen molar-refractivity contribution in [2.45, 2.75) is 17.7 Å². The monoisotopic (exact) mass is 326 g/mol. The molecule has 0 heterocycles. The van der Waals surface area contributed by atoms with Crippen LogP contribution >= 0.6 is 0 Å². The molecule has 0 spiro atoms. The van der Waals surface area contributed by atoms with E-state index in [1.165, 1.54) is 7.05 Å². The molecule has 0 aliphatic carbocycles. The first-order chi connectivity index (χ1) is 9.66. The van der Waals surface area contributed by atoms with Gasteiger partial charge in [-0.3, -0.25) is 0 Å². The Bertz CT molecular complexity index is 544. The minimum atomic E-state index is -4.80. The first kappa shape index (κ1) is 17.7. The van der Waals surface area contributed by atoms with Gasteiger partial charge in [0.1, 0.15) is 5.75 Å². The third kappa shape index (κ3) is 5.52. The van der Waals surface area contributed by atoms with Crippen molar-refractivity contribution in [1.29, 1.82) is 0 Å². The van der Waals surface area contributed by atoms with Crippen molar-refractivity contribution in [3.8, 4) is 5.75 Å². The summed E-state index contributed by atoms with van der Waals surface area (Å²) in [5.74, 6) is -0.459. The quantitative estimate of drug-likeness (QED) is 0.777. The lowest BCUT2D eigenvalue weighted by atomic mass is 10.3. The predicted octanol–water partition coefficient (Wildman–Crippen LogP) is 1.82. The molecule has 1 aromatic carbocycles. The minimum absolute atomic E-state index is 0.0796. The first-order valence-corrected chi connectivity index (χ1v) is 7.57. The van der Waals surface area contributed by atoms with Gasteiger partial charge in [0, 0.05) is 13.6 Å². The molecular formula is C12H17F3N2O3S. The highest BCUT2D eigenvalue weighted by molar-refractivity contribution is 7.89. The number of nitrogens with zero attached hydrogens (tertiary/aromatic N) is 1. The fourth-order valence-corrected chi connectivity index (χ4v) is 2.80. The summed E-state index contributed by atoms with van der Waals surface area (Å²) in [6.07, 6.45) is -4.17. The van der Waals surface area contributed by atoms with E-state index >= 15 is 0 Å². The van der Waals surface area contributed by atoms with E-state index in [2.05, 4.69) is 10.1 Å². The third-order valence-electron chi connectivity index (χ3n) is 2.67. The van der Waals surface area contributed by atoms with Gasteiger partial charge in [-0.15, -0.1) is 13.2 Å². The van der Waals surface area contributed by atoms with Crippen molar-refractivity contribution in [1.82, 2.24) is 9.62 Å². The zero-order chi connectivity index (χ0) is 16.1. The summed E-state index contributed by atoms with van der Waals surface area (Å²) in [6.45, 7) is 0.974. The zero-order valence-electron chi connectivity index (χ0n) is 11.6. The molecule has 0 atom stereocenters. The molecule has 1 N–H and O–H groups in total. The lowest BCUT2D eigenvalue weighted by molar-refractivity contribution is -0.274. The molecule has 5 nitrogen and oxygen atoms in total. The zero-order valence-corrected chi connectivity index (χ0v) is 12.5. The molecule has 1 aromatic rings. The molecule has 0 bridgehead atoms. The molecule has 0 unspecified atom stereocenters. The Hall–Kier alpha value is -1.32. The lowest BCUT2D eigenvalue weighted by Crippen LogP contribution is -2.29. The van der Waals surface area contributed by atoms with Crippen LogP contribution in [-0.2, 0) is 10.0 Å². The van der Waals surface area contributed by atoms with Crippen molar-refractivity contribution in [2.24, 2.45) is 0 Å². The van der Waals surface area contributed by atoms with Crippen LogP contribution in [0.1, 0.15) is 6.42 Å². The summed E-state index contributed by atoms with van der Waals surface area (Å²) in [4.78, 5) is -0.0796. The summed E-state index contributed by atoms with van der Waals surface area (Å²) in [6, 6.07) is 4.12. The maximum Gasteiger partial charge on any atom is 0.573 e. The van der Waals surface area contributed by atoms with Gasteiger partial charge in [0.05, 0.1) is 4.90 Å². The van der Waals surface area contributed by atoms with Gasteiger partial charge in [0.15, 0.2) is 0 Å². The Morgan fingerprint density at radius 2 is 1.81 bits per heavy atom. The van der Waals surface area contributed by atoms with Gasteiger partial charge in [-0.1, -0.05) is 0 Å². The van der Waals surface area contributed by atoms with E-state index in [9.17, 15) is 21.6 Å². The smallest absolute Gasteiger partial charge is 0.406 e. The summed E-state index contributed by atoms with van der Waals surface area (Å²) >= 11 is 0. The Kier molecular flexibility index (Phi) is 5.99. The molecule has 0 saturated heterocycles. The van der Waals surface area contributed by atoms with E-state index in [0.717, 1.165) is 28.6 Å². The van der Waals surface area contributed by atoms with E-state index < -0.39 is 22.1 Å². The van der Waals surface area contributed by atoms with Gasteiger partial charge in [0.2, 0.25) is 10.0 Å². The van der Waals surface area contributed by atoms with E-state index in [-0.39, 0.29) is 4.90 Å². The average molecular weight is 326 g/mol. The number of ether oxygens (including phenoxy) is 1. The fourth-order valence-electron chi connectivity index (χ4n) is 1.59. The van der Waals surface area contributed by atoms with E-state index in [1.54, 1.807) is 7.05 Å². The largest absolute Gasteiger partial charge is 0.573 e. The second-order valence-electron chi connectivity index (χ2n) is 4.30. The summed E-state index contributed by atoms with van der Waals surface area (Å²) in [5.41, 5.74) is 0. The van der Waals surface area contributed by atoms with Crippen molar-refractivity contribution >= 4 is 10.0 Å². The number of nitrogens with one attached hydrogen (secondary N) is 1. The second-order valence-corrected chi connectivity index (χ2v) is 6.35.